The number of hydrogen-bond donors (Lipinski definition) is 1. The maximum atomic E-state index is 12.4. The topological polar surface area (TPSA) is 101 Å². The van der Waals surface area contributed by atoms with Crippen LogP contribution in [0.5, 0.6) is 0 Å². The van der Waals surface area contributed by atoms with Gasteiger partial charge >= 0.3 is 6.09 Å². The molecule has 10 nitrogen and oxygen atoms in total. The van der Waals surface area contributed by atoms with Crippen molar-refractivity contribution in [2.75, 3.05) is 29.9 Å². The van der Waals surface area contributed by atoms with E-state index in [1.807, 2.05) is 27.7 Å². The van der Waals surface area contributed by atoms with Crippen molar-refractivity contribution >= 4 is 35.0 Å². The first-order valence-electron chi connectivity index (χ1n) is 9.03. The largest absolute Gasteiger partial charge is 0.444 e. The second-order valence-corrected chi connectivity index (χ2v) is 8.02. The van der Waals surface area contributed by atoms with E-state index in [0.29, 0.717) is 31.3 Å². The number of nitrogens with zero attached hydrogens (tertiary/aromatic N) is 7. The molecular formula is C17H25ClN8O2. The van der Waals surface area contributed by atoms with Gasteiger partial charge in [0.15, 0.2) is 11.6 Å². The Labute approximate surface area is 168 Å². The number of nitrogens with one attached hydrogen (secondary N) is 1. The highest BCUT2D eigenvalue weighted by Gasteiger charge is 2.32. The summed E-state index contributed by atoms with van der Waals surface area (Å²) in [6, 6.07) is -0.0383. The Hall–Kier alpha value is -2.62. The van der Waals surface area contributed by atoms with Crippen LogP contribution < -0.4 is 10.2 Å². The van der Waals surface area contributed by atoms with Crippen molar-refractivity contribution in [1.82, 2.24) is 29.9 Å². The lowest BCUT2D eigenvalue weighted by Crippen LogP contribution is -2.55. The van der Waals surface area contributed by atoms with Crippen molar-refractivity contribution < 1.29 is 9.53 Å². The van der Waals surface area contributed by atoms with Crippen LogP contribution in [0.3, 0.4) is 0 Å². The smallest absolute Gasteiger partial charge is 0.410 e. The average Bonchev–Trinajstić information content (AvgIpc) is 2.98. The standard InChI is InChI=1S/C17H25ClN8O2/c1-11-10-25(6-7-26(11)16(27)28-17(2,3)4)12-8-19-15(18)22-14(12)21-13-9-20-24(5)23-13/h8-9,11H,6-7,10H2,1-5H3,(H,19,21,22,23). The zero-order chi connectivity index (χ0) is 20.5. The predicted molar refractivity (Wildman–Crippen MR) is 106 cm³/mol. The van der Waals surface area contributed by atoms with E-state index in [-0.39, 0.29) is 17.4 Å². The lowest BCUT2D eigenvalue weighted by Gasteiger charge is -2.41. The van der Waals surface area contributed by atoms with Crippen molar-refractivity contribution in [2.24, 2.45) is 7.05 Å². The van der Waals surface area contributed by atoms with Crippen LogP contribution in [0, 0.1) is 0 Å². The monoisotopic (exact) mass is 408 g/mol. The summed E-state index contributed by atoms with van der Waals surface area (Å²) in [6.45, 7) is 9.33. The molecule has 1 fully saturated rings. The normalized spacial score (nSPS) is 17.6. The van der Waals surface area contributed by atoms with E-state index in [1.54, 1.807) is 24.3 Å². The van der Waals surface area contributed by atoms with E-state index in [9.17, 15) is 4.79 Å². The lowest BCUT2D eigenvalue weighted by atomic mass is 10.2. The van der Waals surface area contributed by atoms with Gasteiger partial charge in [0.2, 0.25) is 5.28 Å². The SMILES string of the molecule is CC1CN(c2cnc(Cl)nc2Nc2cnn(C)n2)CCN1C(=O)OC(C)(C)C. The average molecular weight is 409 g/mol. The number of ether oxygens (including phenoxy) is 1. The van der Waals surface area contributed by atoms with Crippen molar-refractivity contribution in [2.45, 2.75) is 39.3 Å². The van der Waals surface area contributed by atoms with Crippen molar-refractivity contribution in [1.29, 1.82) is 0 Å². The summed E-state index contributed by atoms with van der Waals surface area (Å²) in [5.41, 5.74) is 0.261. The molecule has 0 saturated carbocycles. The molecule has 1 saturated heterocycles. The molecule has 1 amide bonds. The van der Waals surface area contributed by atoms with Crippen LogP contribution in [-0.4, -0.2) is 67.2 Å². The first kappa shape index (κ1) is 20.1. The van der Waals surface area contributed by atoms with Crippen molar-refractivity contribution in [3.8, 4) is 0 Å². The van der Waals surface area contributed by atoms with Crippen molar-refractivity contribution in [3.05, 3.63) is 17.7 Å². The van der Waals surface area contributed by atoms with E-state index in [2.05, 4.69) is 30.4 Å². The van der Waals surface area contributed by atoms with Gasteiger partial charge in [0.05, 0.1) is 18.1 Å². The summed E-state index contributed by atoms with van der Waals surface area (Å²) < 4.78 is 5.51. The van der Waals surface area contributed by atoms with Gasteiger partial charge in [0.25, 0.3) is 0 Å². The second-order valence-electron chi connectivity index (χ2n) is 7.69. The Morgan fingerprint density at radius 1 is 1.32 bits per heavy atom. The summed E-state index contributed by atoms with van der Waals surface area (Å²) in [5, 5.41) is 11.5. The zero-order valence-corrected chi connectivity index (χ0v) is 17.4. The highest BCUT2D eigenvalue weighted by Crippen LogP contribution is 2.29. The minimum Gasteiger partial charge on any atom is -0.444 e. The molecule has 0 bridgehead atoms. The van der Waals surface area contributed by atoms with Crippen LogP contribution in [0.4, 0.5) is 22.1 Å². The van der Waals surface area contributed by atoms with Crippen LogP contribution in [0.15, 0.2) is 12.4 Å². The molecule has 1 N–H and O–H groups in total. The number of amides is 1. The zero-order valence-electron chi connectivity index (χ0n) is 16.7. The van der Waals surface area contributed by atoms with Gasteiger partial charge in [-0.1, -0.05) is 0 Å². The Bertz CT molecular complexity index is 850. The Balaban J connectivity index is 1.75. The Kier molecular flexibility index (Phi) is 5.59. The van der Waals surface area contributed by atoms with Gasteiger partial charge in [-0.05, 0) is 39.3 Å². The molecule has 1 aliphatic rings. The molecule has 152 valence electrons. The van der Waals surface area contributed by atoms with E-state index < -0.39 is 5.60 Å². The van der Waals surface area contributed by atoms with Crippen LogP contribution in [-0.2, 0) is 11.8 Å². The van der Waals surface area contributed by atoms with Crippen molar-refractivity contribution in [3.63, 3.8) is 0 Å². The number of aryl methyl sites for hydroxylation is 1. The number of carbonyl (C=O) groups excluding carboxylic acids is 1. The van der Waals surface area contributed by atoms with Crippen LogP contribution in [0.1, 0.15) is 27.7 Å². The third kappa shape index (κ3) is 4.80. The molecule has 2 aromatic rings. The quantitative estimate of drug-likeness (QED) is 0.772. The van der Waals surface area contributed by atoms with E-state index in [0.717, 1.165) is 5.69 Å². The molecule has 0 aliphatic carbocycles. The summed E-state index contributed by atoms with van der Waals surface area (Å²) in [6.07, 6.45) is 2.97. The minimum absolute atomic E-state index is 0.0383. The third-order valence-electron chi connectivity index (χ3n) is 4.18. The number of rotatable bonds is 3. The summed E-state index contributed by atoms with van der Waals surface area (Å²) in [4.78, 5) is 26.2. The predicted octanol–water partition coefficient (Wildman–Crippen LogP) is 2.45. The molecule has 3 heterocycles. The van der Waals surface area contributed by atoms with Gasteiger partial charge in [-0.25, -0.2) is 9.78 Å². The van der Waals surface area contributed by atoms with E-state index in [1.165, 1.54) is 4.80 Å². The molecule has 2 aromatic heterocycles. The summed E-state index contributed by atoms with van der Waals surface area (Å²) >= 11 is 5.99. The molecule has 1 aliphatic heterocycles. The van der Waals surface area contributed by atoms with Crippen LogP contribution in [0.25, 0.3) is 0 Å². The van der Waals surface area contributed by atoms with Crippen LogP contribution in [0.2, 0.25) is 5.28 Å². The third-order valence-corrected chi connectivity index (χ3v) is 4.36. The van der Waals surface area contributed by atoms with E-state index in [4.69, 9.17) is 16.3 Å². The molecule has 1 unspecified atom stereocenters. The molecule has 0 radical (unpaired) electrons. The first-order chi connectivity index (χ1) is 13.1. The molecule has 0 spiro atoms. The van der Waals surface area contributed by atoms with Gasteiger partial charge in [-0.3, -0.25) is 0 Å². The van der Waals surface area contributed by atoms with Gasteiger partial charge in [0.1, 0.15) is 5.60 Å². The number of carbonyl (C=O) groups is 1. The number of halogens is 1. The second kappa shape index (κ2) is 7.78. The van der Waals surface area contributed by atoms with Crippen LogP contribution >= 0.6 is 11.6 Å². The summed E-state index contributed by atoms with van der Waals surface area (Å²) in [5.74, 6) is 1.09. The molecule has 28 heavy (non-hydrogen) atoms. The molecule has 3 rings (SSSR count). The van der Waals surface area contributed by atoms with Gasteiger partial charge in [-0.15, -0.1) is 5.10 Å². The number of piperazine rings is 1. The van der Waals surface area contributed by atoms with Gasteiger partial charge in [-0.2, -0.15) is 14.9 Å². The number of aromatic nitrogens is 5. The molecule has 11 heteroatoms. The molecule has 0 aromatic carbocycles. The Morgan fingerprint density at radius 3 is 2.68 bits per heavy atom. The lowest BCUT2D eigenvalue weighted by molar-refractivity contribution is 0.0159. The fourth-order valence-electron chi connectivity index (χ4n) is 2.97. The van der Waals surface area contributed by atoms with E-state index >= 15 is 0 Å². The maximum absolute atomic E-state index is 12.4. The highest BCUT2D eigenvalue weighted by atomic mass is 35.5. The van der Waals surface area contributed by atoms with Gasteiger partial charge in [0, 0.05) is 32.7 Å². The fraction of sp³-hybridized carbons (Fsp3) is 0.588. The fourth-order valence-corrected chi connectivity index (χ4v) is 3.10. The molecular weight excluding hydrogens is 384 g/mol. The Morgan fingerprint density at radius 2 is 2.07 bits per heavy atom. The molecule has 1 atom stereocenters. The van der Waals surface area contributed by atoms with Gasteiger partial charge < -0.3 is 19.9 Å². The highest BCUT2D eigenvalue weighted by molar-refractivity contribution is 6.28. The maximum Gasteiger partial charge on any atom is 0.410 e. The minimum atomic E-state index is -0.522. The first-order valence-corrected chi connectivity index (χ1v) is 9.40. The number of hydrogen-bond acceptors (Lipinski definition) is 8. The summed E-state index contributed by atoms with van der Waals surface area (Å²) in [7, 11) is 1.73. The number of anilines is 3.